The summed E-state index contributed by atoms with van der Waals surface area (Å²) >= 11 is 0. The Morgan fingerprint density at radius 3 is 2.59 bits per heavy atom. The van der Waals surface area contributed by atoms with E-state index in [0.29, 0.717) is 18.8 Å². The van der Waals surface area contributed by atoms with E-state index in [1.54, 1.807) is 7.05 Å². The Hall–Kier alpha value is -2.19. The lowest BCUT2D eigenvalue weighted by molar-refractivity contribution is 0.102. The number of carbonyl (C=O) groups is 1. The molecule has 0 spiro atoms. The molecule has 1 aromatic heterocycles. The molecule has 144 valence electrons. The van der Waals surface area contributed by atoms with Gasteiger partial charge in [0.15, 0.2) is 0 Å². The highest BCUT2D eigenvalue weighted by Gasteiger charge is 2.33. The predicted octanol–water partition coefficient (Wildman–Crippen LogP) is 2.34. The van der Waals surface area contributed by atoms with Crippen molar-refractivity contribution in [1.82, 2.24) is 14.1 Å². The molecule has 1 aliphatic carbocycles. The van der Waals surface area contributed by atoms with E-state index >= 15 is 0 Å². The van der Waals surface area contributed by atoms with E-state index in [0.717, 1.165) is 38.5 Å². The van der Waals surface area contributed by atoms with Gasteiger partial charge in [0.1, 0.15) is 0 Å². The average Bonchev–Trinajstić information content (AvgIpc) is 3.28. The van der Waals surface area contributed by atoms with Crippen LogP contribution in [-0.4, -0.2) is 41.5 Å². The molecule has 1 amide bonds. The normalized spacial score (nSPS) is 17.7. The summed E-state index contributed by atoms with van der Waals surface area (Å²) in [5.74, 6) is -0.448. The van der Waals surface area contributed by atoms with Crippen molar-refractivity contribution < 1.29 is 13.2 Å². The van der Waals surface area contributed by atoms with E-state index in [-0.39, 0.29) is 10.6 Å². The summed E-state index contributed by atoms with van der Waals surface area (Å²) in [6.45, 7) is 0.954. The number of nitrogens with zero attached hydrogens (tertiary/aromatic N) is 3. The van der Waals surface area contributed by atoms with Crippen molar-refractivity contribution in [2.24, 2.45) is 7.05 Å². The molecule has 4 rings (SSSR count). The Morgan fingerprint density at radius 1 is 1.07 bits per heavy atom. The third-order valence-corrected chi connectivity index (χ3v) is 7.13. The summed E-state index contributed by atoms with van der Waals surface area (Å²) in [4.78, 5) is 12.8. The summed E-state index contributed by atoms with van der Waals surface area (Å²) < 4.78 is 28.8. The molecule has 1 aromatic carbocycles. The van der Waals surface area contributed by atoms with Gasteiger partial charge in [-0.2, -0.15) is 9.40 Å². The van der Waals surface area contributed by atoms with Crippen molar-refractivity contribution in [2.75, 3.05) is 18.4 Å². The van der Waals surface area contributed by atoms with Crippen molar-refractivity contribution in [1.29, 1.82) is 0 Å². The van der Waals surface area contributed by atoms with Gasteiger partial charge in [0, 0.05) is 32.0 Å². The summed E-state index contributed by atoms with van der Waals surface area (Å²) in [5.41, 5.74) is 3.34. The molecule has 1 saturated heterocycles. The van der Waals surface area contributed by atoms with Gasteiger partial charge in [-0.15, -0.1) is 0 Å². The number of sulfonamides is 1. The maximum Gasteiger partial charge on any atom is 0.263 e. The summed E-state index contributed by atoms with van der Waals surface area (Å²) in [6.07, 6.45) is 7.39. The smallest absolute Gasteiger partial charge is 0.263 e. The van der Waals surface area contributed by atoms with E-state index in [1.807, 2.05) is 18.2 Å². The molecular weight excluding hydrogens is 364 g/mol. The molecule has 2 aromatic rings. The third-order valence-electron chi connectivity index (χ3n) is 5.30. The van der Waals surface area contributed by atoms with E-state index in [4.69, 9.17) is 0 Å². The number of aryl methyl sites for hydroxylation is 3. The maximum atomic E-state index is 13.0. The first-order valence-corrected chi connectivity index (χ1v) is 10.9. The number of carbonyl (C=O) groups excluding carboxylic acids is 1. The monoisotopic (exact) mass is 388 g/mol. The fraction of sp³-hybridized carbons (Fsp3) is 0.474. The van der Waals surface area contributed by atoms with E-state index in [9.17, 15) is 13.2 Å². The number of nitrogens with one attached hydrogen (secondary N) is 1. The molecule has 0 bridgehead atoms. The second kappa shape index (κ2) is 7.09. The molecule has 0 saturated carbocycles. The first-order chi connectivity index (χ1) is 12.9. The molecule has 0 radical (unpaired) electrons. The van der Waals surface area contributed by atoms with E-state index in [1.165, 1.54) is 26.3 Å². The number of hydrogen-bond acceptors (Lipinski definition) is 4. The van der Waals surface area contributed by atoms with Gasteiger partial charge < -0.3 is 5.32 Å². The van der Waals surface area contributed by atoms with Crippen LogP contribution in [0.1, 0.15) is 47.2 Å². The zero-order chi connectivity index (χ0) is 19.0. The molecule has 1 fully saturated rings. The molecule has 2 aliphatic rings. The Morgan fingerprint density at radius 2 is 1.81 bits per heavy atom. The Kier molecular flexibility index (Phi) is 4.77. The van der Waals surface area contributed by atoms with Crippen LogP contribution in [0.25, 0.3) is 0 Å². The van der Waals surface area contributed by atoms with Crippen molar-refractivity contribution in [2.45, 2.75) is 43.6 Å². The number of fused-ring (bicyclic) bond motifs is 1. The number of anilines is 1. The maximum absolute atomic E-state index is 13.0. The van der Waals surface area contributed by atoms with Gasteiger partial charge in [0.25, 0.3) is 15.9 Å². The first kappa shape index (κ1) is 18.2. The highest BCUT2D eigenvalue weighted by Crippen LogP contribution is 2.26. The number of benzene rings is 1. The van der Waals surface area contributed by atoms with Crippen LogP contribution in [0.3, 0.4) is 0 Å². The number of aromatic nitrogens is 2. The Bertz CT molecular complexity index is 975. The van der Waals surface area contributed by atoms with Crippen molar-refractivity contribution in [3.05, 3.63) is 41.1 Å². The zero-order valence-corrected chi connectivity index (χ0v) is 16.3. The highest BCUT2D eigenvalue weighted by atomic mass is 32.2. The molecular formula is C19H24N4O3S. The minimum atomic E-state index is -3.78. The van der Waals surface area contributed by atoms with Gasteiger partial charge in [-0.05, 0) is 55.4 Å². The molecule has 8 heteroatoms. The van der Waals surface area contributed by atoms with Crippen molar-refractivity contribution >= 4 is 21.6 Å². The van der Waals surface area contributed by atoms with Gasteiger partial charge >= 0.3 is 0 Å². The number of rotatable bonds is 4. The third kappa shape index (κ3) is 3.51. The predicted molar refractivity (Wildman–Crippen MR) is 102 cm³/mol. The van der Waals surface area contributed by atoms with Crippen LogP contribution < -0.4 is 5.32 Å². The van der Waals surface area contributed by atoms with Crippen LogP contribution >= 0.6 is 0 Å². The van der Waals surface area contributed by atoms with E-state index in [2.05, 4.69) is 10.4 Å². The van der Waals surface area contributed by atoms with Crippen molar-refractivity contribution in [3.63, 3.8) is 0 Å². The summed E-state index contributed by atoms with van der Waals surface area (Å²) in [6, 6.07) is 5.89. The van der Waals surface area contributed by atoms with Crippen LogP contribution in [0, 0.1) is 0 Å². The Balaban J connectivity index is 1.61. The number of amides is 1. The SMILES string of the molecule is Cn1cc(C(=O)Nc2ccc3c(c2)CCC3)c(S(=O)(=O)N2CCCCC2)n1. The van der Waals surface area contributed by atoms with Crippen molar-refractivity contribution in [3.8, 4) is 0 Å². The van der Waals surface area contributed by atoms with Gasteiger partial charge in [0.05, 0.1) is 5.56 Å². The highest BCUT2D eigenvalue weighted by molar-refractivity contribution is 7.89. The average molecular weight is 388 g/mol. The fourth-order valence-corrected chi connectivity index (χ4v) is 5.53. The zero-order valence-electron chi connectivity index (χ0n) is 15.4. The number of hydrogen-bond donors (Lipinski definition) is 1. The van der Waals surface area contributed by atoms with Gasteiger partial charge in [-0.1, -0.05) is 12.5 Å². The van der Waals surface area contributed by atoms with Crippen LogP contribution in [0.2, 0.25) is 0 Å². The number of piperidine rings is 1. The van der Waals surface area contributed by atoms with Crippen LogP contribution in [0.4, 0.5) is 5.69 Å². The van der Waals surface area contributed by atoms with Gasteiger partial charge in [-0.25, -0.2) is 8.42 Å². The summed E-state index contributed by atoms with van der Waals surface area (Å²) in [7, 11) is -2.15. The largest absolute Gasteiger partial charge is 0.322 e. The minimum absolute atomic E-state index is 0.0866. The fourth-order valence-electron chi connectivity index (χ4n) is 3.89. The summed E-state index contributed by atoms with van der Waals surface area (Å²) in [5, 5.41) is 6.78. The van der Waals surface area contributed by atoms with Gasteiger partial charge in [0.2, 0.25) is 5.03 Å². The lowest BCUT2D eigenvalue weighted by Crippen LogP contribution is -2.36. The molecule has 2 heterocycles. The topological polar surface area (TPSA) is 84.3 Å². The molecule has 1 N–H and O–H groups in total. The molecule has 0 unspecified atom stereocenters. The lowest BCUT2D eigenvalue weighted by Gasteiger charge is -2.25. The quantitative estimate of drug-likeness (QED) is 0.871. The van der Waals surface area contributed by atoms with E-state index < -0.39 is 15.9 Å². The second-order valence-electron chi connectivity index (χ2n) is 7.28. The standard InChI is InChI=1S/C19H24N4O3S/c1-22-13-17(19(21-22)27(25,26)23-10-3-2-4-11-23)18(24)20-16-9-8-14-6-5-7-15(14)12-16/h8-9,12-13H,2-7,10-11H2,1H3,(H,20,24). The molecule has 0 atom stereocenters. The van der Waals surface area contributed by atoms with Gasteiger partial charge in [-0.3, -0.25) is 9.48 Å². The lowest BCUT2D eigenvalue weighted by atomic mass is 10.1. The second-order valence-corrected chi connectivity index (χ2v) is 9.13. The first-order valence-electron chi connectivity index (χ1n) is 9.42. The van der Waals surface area contributed by atoms with Crippen LogP contribution in [0.5, 0.6) is 0 Å². The molecule has 7 nitrogen and oxygen atoms in total. The molecule has 27 heavy (non-hydrogen) atoms. The van der Waals surface area contributed by atoms with Crippen LogP contribution in [-0.2, 0) is 29.9 Å². The van der Waals surface area contributed by atoms with Crippen LogP contribution in [0.15, 0.2) is 29.4 Å². The minimum Gasteiger partial charge on any atom is -0.322 e. The molecule has 1 aliphatic heterocycles. The Labute approximate surface area is 159 Å².